The van der Waals surface area contributed by atoms with Crippen molar-refractivity contribution < 1.29 is 15.0 Å². The number of carboxylic acid groups (broad SMARTS) is 1. The number of nitrogens with one attached hydrogen (secondary N) is 1. The number of aliphatic hydroxyl groups excluding tert-OH is 1. The predicted octanol–water partition coefficient (Wildman–Crippen LogP) is 8.02. The topological polar surface area (TPSA) is 99.2 Å². The highest BCUT2D eigenvalue weighted by Gasteiger charge is 2.23. The van der Waals surface area contributed by atoms with Gasteiger partial charge >= 0.3 is 5.97 Å². The summed E-state index contributed by atoms with van der Waals surface area (Å²) in [6, 6.07) is 26.3. The number of benzene rings is 3. The Hall–Kier alpha value is -4.68. The monoisotopic (exact) mass is 535 g/mol. The summed E-state index contributed by atoms with van der Waals surface area (Å²) in [6.07, 6.45) is 3.79. The van der Waals surface area contributed by atoms with Crippen molar-refractivity contribution in [2.24, 2.45) is 0 Å². The molecule has 0 fully saturated rings. The summed E-state index contributed by atoms with van der Waals surface area (Å²) in [5.41, 5.74) is 5.85. The second-order valence-electron chi connectivity index (χ2n) is 9.33. The maximum Gasteiger partial charge on any atom is 0.337 e. The SMILES string of the molecule is CC(=N)/C(=C(/C)O)c1ccc2c(-c3ccc(C(=O)O)c(Cl)c3)cn(C(c3ccccc3)c3ccccn3)c2c1. The summed E-state index contributed by atoms with van der Waals surface area (Å²) in [7, 11) is 0. The van der Waals surface area contributed by atoms with Gasteiger partial charge in [0.2, 0.25) is 0 Å². The quantitative estimate of drug-likeness (QED) is 0.145. The Kier molecular flexibility index (Phi) is 7.05. The van der Waals surface area contributed by atoms with Crippen molar-refractivity contribution in [3.8, 4) is 11.1 Å². The van der Waals surface area contributed by atoms with Crippen LogP contribution >= 0.6 is 11.6 Å². The lowest BCUT2D eigenvalue weighted by Gasteiger charge is -2.21. The summed E-state index contributed by atoms with van der Waals surface area (Å²) in [6.45, 7) is 3.23. The van der Waals surface area contributed by atoms with Crippen LogP contribution in [0.1, 0.15) is 47.1 Å². The third kappa shape index (κ3) is 4.94. The van der Waals surface area contributed by atoms with Gasteiger partial charge < -0.3 is 20.2 Å². The van der Waals surface area contributed by atoms with Gasteiger partial charge in [0.15, 0.2) is 0 Å². The summed E-state index contributed by atoms with van der Waals surface area (Å²) >= 11 is 6.37. The number of allylic oxidation sites excluding steroid dienone is 2. The van der Waals surface area contributed by atoms with Gasteiger partial charge in [0.05, 0.1) is 27.6 Å². The standard InChI is InChI=1S/C32H26ClN3O3/c1-19(34)30(20(2)37)23-12-13-24-26(22-11-14-25(32(38)39)27(33)16-22)18-36(29(24)17-23)31(21-8-4-3-5-9-21)28-10-6-7-15-35-28/h3-18,31,34,37H,1-2H3,(H,38,39)/b30-20+,34-19?. The van der Waals surface area contributed by atoms with Crippen LogP contribution in [0.4, 0.5) is 0 Å². The van der Waals surface area contributed by atoms with Crippen LogP contribution in [0.3, 0.4) is 0 Å². The summed E-state index contributed by atoms with van der Waals surface area (Å²) in [5, 5.41) is 29.2. The van der Waals surface area contributed by atoms with Crippen molar-refractivity contribution in [1.29, 1.82) is 5.41 Å². The maximum atomic E-state index is 11.6. The zero-order valence-electron chi connectivity index (χ0n) is 21.4. The fraction of sp³-hybridized carbons (Fsp3) is 0.0938. The van der Waals surface area contributed by atoms with Gasteiger partial charge in [-0.15, -0.1) is 0 Å². The Morgan fingerprint density at radius 1 is 0.949 bits per heavy atom. The molecule has 1 unspecified atom stereocenters. The normalized spacial score (nSPS) is 12.7. The lowest BCUT2D eigenvalue weighted by molar-refractivity contribution is 0.0697. The summed E-state index contributed by atoms with van der Waals surface area (Å²) in [5.74, 6) is -1.01. The number of halogens is 1. The van der Waals surface area contributed by atoms with Gasteiger partial charge in [0.25, 0.3) is 0 Å². The molecule has 0 spiro atoms. The van der Waals surface area contributed by atoms with E-state index in [-0.39, 0.29) is 28.1 Å². The van der Waals surface area contributed by atoms with E-state index in [1.54, 1.807) is 32.2 Å². The zero-order valence-corrected chi connectivity index (χ0v) is 22.1. The first-order valence-electron chi connectivity index (χ1n) is 12.4. The van der Waals surface area contributed by atoms with Crippen molar-refractivity contribution in [2.45, 2.75) is 19.9 Å². The van der Waals surface area contributed by atoms with E-state index in [9.17, 15) is 15.0 Å². The minimum absolute atomic E-state index is 0.0387. The van der Waals surface area contributed by atoms with E-state index in [2.05, 4.69) is 21.7 Å². The average Bonchev–Trinajstić information content (AvgIpc) is 3.28. The molecule has 39 heavy (non-hydrogen) atoms. The van der Waals surface area contributed by atoms with Gasteiger partial charge in [0.1, 0.15) is 6.04 Å². The van der Waals surface area contributed by atoms with Gasteiger partial charge in [-0.1, -0.05) is 66.2 Å². The number of carbonyl (C=O) groups is 1. The van der Waals surface area contributed by atoms with Gasteiger partial charge in [-0.05, 0) is 60.9 Å². The molecule has 0 saturated carbocycles. The third-order valence-corrected chi connectivity index (χ3v) is 7.04. The number of pyridine rings is 1. The van der Waals surface area contributed by atoms with Gasteiger partial charge in [-0.25, -0.2) is 4.79 Å². The molecule has 0 aliphatic rings. The van der Waals surface area contributed by atoms with E-state index in [0.717, 1.165) is 33.3 Å². The molecule has 3 aromatic carbocycles. The molecule has 1 atom stereocenters. The molecule has 194 valence electrons. The van der Waals surface area contributed by atoms with Gasteiger partial charge in [-0.3, -0.25) is 4.98 Å². The van der Waals surface area contributed by atoms with Crippen molar-refractivity contribution in [1.82, 2.24) is 9.55 Å². The maximum absolute atomic E-state index is 11.6. The van der Waals surface area contributed by atoms with Crippen LogP contribution in [0.5, 0.6) is 0 Å². The Labute approximate surface area is 231 Å². The molecule has 0 aliphatic carbocycles. The largest absolute Gasteiger partial charge is 0.512 e. The summed E-state index contributed by atoms with van der Waals surface area (Å²) in [4.78, 5) is 16.3. The highest BCUT2D eigenvalue weighted by atomic mass is 35.5. The van der Waals surface area contributed by atoms with Gasteiger partial charge in [-0.2, -0.15) is 0 Å². The molecular formula is C32H26ClN3O3. The van der Waals surface area contributed by atoms with E-state index in [4.69, 9.17) is 17.0 Å². The molecule has 6 nitrogen and oxygen atoms in total. The van der Waals surface area contributed by atoms with Crippen molar-refractivity contribution in [2.75, 3.05) is 0 Å². The first-order valence-corrected chi connectivity index (χ1v) is 12.7. The zero-order chi connectivity index (χ0) is 27.7. The van der Waals surface area contributed by atoms with Gasteiger partial charge in [0, 0.05) is 34.6 Å². The van der Waals surface area contributed by atoms with Crippen LogP contribution in [0, 0.1) is 5.41 Å². The Balaban J connectivity index is 1.84. The first kappa shape index (κ1) is 25.9. The molecular weight excluding hydrogens is 510 g/mol. The number of fused-ring (bicyclic) bond motifs is 1. The van der Waals surface area contributed by atoms with E-state index in [1.165, 1.54) is 6.07 Å². The van der Waals surface area contributed by atoms with Crippen molar-refractivity contribution in [3.63, 3.8) is 0 Å². The van der Waals surface area contributed by atoms with Crippen molar-refractivity contribution in [3.05, 3.63) is 130 Å². The molecule has 0 radical (unpaired) electrons. The molecule has 5 aromatic rings. The predicted molar refractivity (Wildman–Crippen MR) is 156 cm³/mol. The number of hydrogen-bond acceptors (Lipinski definition) is 4. The molecule has 7 heteroatoms. The lowest BCUT2D eigenvalue weighted by Crippen LogP contribution is -2.13. The van der Waals surface area contributed by atoms with E-state index in [0.29, 0.717) is 11.1 Å². The first-order chi connectivity index (χ1) is 18.8. The molecule has 0 aliphatic heterocycles. The van der Waals surface area contributed by atoms with E-state index in [1.807, 2.05) is 60.8 Å². The fourth-order valence-corrected chi connectivity index (χ4v) is 5.31. The van der Waals surface area contributed by atoms with Crippen LogP contribution in [-0.2, 0) is 0 Å². The number of rotatable bonds is 7. The lowest BCUT2D eigenvalue weighted by atomic mass is 9.97. The highest BCUT2D eigenvalue weighted by molar-refractivity contribution is 6.33. The number of aromatic nitrogens is 2. The number of aromatic carboxylic acids is 1. The summed E-state index contributed by atoms with van der Waals surface area (Å²) < 4.78 is 2.13. The molecule has 0 saturated heterocycles. The molecule has 2 heterocycles. The third-order valence-electron chi connectivity index (χ3n) is 6.73. The van der Waals surface area contributed by atoms with Crippen LogP contribution < -0.4 is 0 Å². The Morgan fingerprint density at radius 2 is 1.69 bits per heavy atom. The molecule has 3 N–H and O–H groups in total. The second-order valence-corrected chi connectivity index (χ2v) is 9.74. The number of hydrogen-bond donors (Lipinski definition) is 3. The molecule has 0 amide bonds. The van der Waals surface area contributed by atoms with E-state index < -0.39 is 5.97 Å². The number of nitrogens with zero attached hydrogens (tertiary/aromatic N) is 2. The average molecular weight is 536 g/mol. The van der Waals surface area contributed by atoms with E-state index >= 15 is 0 Å². The van der Waals surface area contributed by atoms with Crippen LogP contribution in [0.15, 0.2) is 103 Å². The minimum atomic E-state index is -1.08. The highest BCUT2D eigenvalue weighted by Crippen LogP contribution is 2.39. The number of aliphatic hydroxyl groups is 1. The molecule has 0 bridgehead atoms. The minimum Gasteiger partial charge on any atom is -0.512 e. The Morgan fingerprint density at radius 3 is 2.31 bits per heavy atom. The number of carboxylic acids is 1. The smallest absolute Gasteiger partial charge is 0.337 e. The Bertz CT molecular complexity index is 1700. The van der Waals surface area contributed by atoms with Crippen LogP contribution in [-0.4, -0.2) is 31.4 Å². The van der Waals surface area contributed by atoms with Crippen molar-refractivity contribution >= 4 is 39.8 Å². The molecule has 5 rings (SSSR count). The van der Waals surface area contributed by atoms with Crippen LogP contribution in [0.2, 0.25) is 5.02 Å². The molecule has 2 aromatic heterocycles. The fourth-order valence-electron chi connectivity index (χ4n) is 5.05. The van der Waals surface area contributed by atoms with Crippen LogP contribution in [0.25, 0.3) is 27.6 Å². The second kappa shape index (κ2) is 10.6.